The maximum Gasteiger partial charge on any atom is 0.251 e. The number of nitrogens with one attached hydrogen (secondary N) is 3. The summed E-state index contributed by atoms with van der Waals surface area (Å²) in [5.41, 5.74) is 3.27. The zero-order valence-electron chi connectivity index (χ0n) is 16.5. The van der Waals surface area contributed by atoms with Crippen LogP contribution in [0, 0.1) is 0 Å². The van der Waals surface area contributed by atoms with Crippen molar-refractivity contribution in [3.8, 4) is 0 Å². The molecular weight excluding hydrogens is 451 g/mol. The standard InChI is InChI=1S/C21H32N4O.HI/c1-3-22-20(26)19-12-8-11-18(15-19)16-25-21(23-4-2)24-14-13-17-9-6-5-7-10-17;/h8-9,11-12,15H,3-7,10,13-14,16H2,1-2H3,(H,22,26)(H2,23,24,25);1H. The largest absolute Gasteiger partial charge is 0.357 e. The van der Waals surface area contributed by atoms with Gasteiger partial charge in [-0.2, -0.15) is 0 Å². The van der Waals surface area contributed by atoms with Crippen LogP contribution in [0.15, 0.2) is 40.9 Å². The summed E-state index contributed by atoms with van der Waals surface area (Å²) in [7, 11) is 0. The number of aliphatic imine (C=N–C) groups is 1. The van der Waals surface area contributed by atoms with E-state index in [1.54, 1.807) is 5.57 Å². The van der Waals surface area contributed by atoms with Crippen LogP contribution < -0.4 is 16.0 Å². The van der Waals surface area contributed by atoms with Gasteiger partial charge in [-0.3, -0.25) is 4.79 Å². The van der Waals surface area contributed by atoms with Crippen molar-refractivity contribution in [2.45, 2.75) is 52.5 Å². The van der Waals surface area contributed by atoms with E-state index in [0.717, 1.165) is 31.0 Å². The molecule has 1 aromatic carbocycles. The van der Waals surface area contributed by atoms with E-state index in [4.69, 9.17) is 0 Å². The lowest BCUT2D eigenvalue weighted by molar-refractivity contribution is 0.0955. The maximum absolute atomic E-state index is 12.0. The average Bonchev–Trinajstić information content (AvgIpc) is 2.67. The Hall–Kier alpha value is -1.57. The predicted octanol–water partition coefficient (Wildman–Crippen LogP) is 4.00. The average molecular weight is 484 g/mol. The maximum atomic E-state index is 12.0. The smallest absolute Gasteiger partial charge is 0.251 e. The van der Waals surface area contributed by atoms with E-state index in [0.29, 0.717) is 18.7 Å². The van der Waals surface area contributed by atoms with E-state index in [2.05, 4.69) is 33.9 Å². The van der Waals surface area contributed by atoms with Gasteiger partial charge in [0.25, 0.3) is 5.91 Å². The second-order valence-electron chi connectivity index (χ2n) is 6.54. The Morgan fingerprint density at radius 2 is 1.93 bits per heavy atom. The molecule has 1 aliphatic rings. The summed E-state index contributed by atoms with van der Waals surface area (Å²) < 4.78 is 0. The third-order valence-electron chi connectivity index (χ3n) is 4.41. The van der Waals surface area contributed by atoms with Crippen LogP contribution in [0.5, 0.6) is 0 Å². The molecule has 5 nitrogen and oxygen atoms in total. The fourth-order valence-corrected chi connectivity index (χ4v) is 3.06. The second-order valence-corrected chi connectivity index (χ2v) is 6.54. The molecule has 6 heteroatoms. The number of carbonyl (C=O) groups is 1. The van der Waals surface area contributed by atoms with Crippen LogP contribution >= 0.6 is 24.0 Å². The lowest BCUT2D eigenvalue weighted by atomic mass is 9.97. The zero-order chi connectivity index (χ0) is 18.6. The van der Waals surface area contributed by atoms with Crippen molar-refractivity contribution < 1.29 is 4.79 Å². The van der Waals surface area contributed by atoms with Gasteiger partial charge in [-0.1, -0.05) is 23.8 Å². The lowest BCUT2D eigenvalue weighted by Crippen LogP contribution is -2.37. The summed E-state index contributed by atoms with van der Waals surface area (Å²) >= 11 is 0. The molecule has 2 rings (SSSR count). The van der Waals surface area contributed by atoms with Gasteiger partial charge in [0.2, 0.25) is 0 Å². The minimum absolute atomic E-state index is 0. The van der Waals surface area contributed by atoms with Crippen molar-refractivity contribution in [1.29, 1.82) is 0 Å². The van der Waals surface area contributed by atoms with Crippen molar-refractivity contribution in [2.75, 3.05) is 19.6 Å². The van der Waals surface area contributed by atoms with Crippen LogP contribution in [-0.4, -0.2) is 31.5 Å². The molecule has 1 aliphatic carbocycles. The summed E-state index contributed by atoms with van der Waals surface area (Å²) in [5, 5.41) is 9.53. The first-order valence-electron chi connectivity index (χ1n) is 9.80. The third-order valence-corrected chi connectivity index (χ3v) is 4.41. The number of halogens is 1. The van der Waals surface area contributed by atoms with Gasteiger partial charge in [-0.05, 0) is 63.6 Å². The second kappa shape index (κ2) is 13.6. The molecule has 150 valence electrons. The Labute approximate surface area is 180 Å². The number of hydrogen-bond acceptors (Lipinski definition) is 2. The molecule has 0 heterocycles. The molecule has 0 saturated heterocycles. The van der Waals surface area contributed by atoms with E-state index in [1.165, 1.54) is 25.7 Å². The quantitative estimate of drug-likeness (QED) is 0.226. The fraction of sp³-hybridized carbons (Fsp3) is 0.524. The zero-order valence-corrected chi connectivity index (χ0v) is 18.8. The van der Waals surface area contributed by atoms with E-state index in [-0.39, 0.29) is 29.9 Å². The molecular formula is C21H33IN4O. The molecule has 1 amide bonds. The first-order chi connectivity index (χ1) is 12.7. The molecule has 0 radical (unpaired) electrons. The van der Waals surface area contributed by atoms with E-state index in [1.807, 2.05) is 31.2 Å². The van der Waals surface area contributed by atoms with Gasteiger partial charge >= 0.3 is 0 Å². The molecule has 27 heavy (non-hydrogen) atoms. The highest BCUT2D eigenvalue weighted by atomic mass is 127. The monoisotopic (exact) mass is 484 g/mol. The number of hydrogen-bond donors (Lipinski definition) is 3. The van der Waals surface area contributed by atoms with Crippen molar-refractivity contribution >= 4 is 35.8 Å². The minimum atomic E-state index is -0.0379. The molecule has 0 atom stereocenters. The Kier molecular flexibility index (Phi) is 11.8. The van der Waals surface area contributed by atoms with Gasteiger partial charge in [-0.15, -0.1) is 24.0 Å². The first-order valence-corrected chi connectivity index (χ1v) is 9.80. The normalized spacial score (nSPS) is 14.0. The molecule has 0 fully saturated rings. The number of carbonyl (C=O) groups excluding carboxylic acids is 1. The summed E-state index contributed by atoms with van der Waals surface area (Å²) in [6.07, 6.45) is 8.59. The highest BCUT2D eigenvalue weighted by Crippen LogP contribution is 2.19. The molecule has 0 spiro atoms. The predicted molar refractivity (Wildman–Crippen MR) is 124 cm³/mol. The van der Waals surface area contributed by atoms with Crippen molar-refractivity contribution in [3.63, 3.8) is 0 Å². The van der Waals surface area contributed by atoms with Crippen LogP contribution in [0.3, 0.4) is 0 Å². The van der Waals surface area contributed by atoms with E-state index >= 15 is 0 Å². The van der Waals surface area contributed by atoms with Crippen molar-refractivity contribution in [3.05, 3.63) is 47.0 Å². The number of amides is 1. The topological polar surface area (TPSA) is 65.5 Å². The molecule has 0 aromatic heterocycles. The Balaban J connectivity index is 0.00000364. The number of rotatable bonds is 8. The lowest BCUT2D eigenvalue weighted by Gasteiger charge is -2.15. The van der Waals surface area contributed by atoms with Crippen LogP contribution in [0.1, 0.15) is 61.9 Å². The molecule has 0 unspecified atom stereocenters. The molecule has 0 aliphatic heterocycles. The highest BCUT2D eigenvalue weighted by Gasteiger charge is 2.06. The number of guanidine groups is 1. The SMILES string of the molecule is CCNC(=O)c1cccc(CN=C(NCC)NCCC2=CCCCC2)c1.I. The van der Waals surface area contributed by atoms with Gasteiger partial charge in [0.15, 0.2) is 5.96 Å². The van der Waals surface area contributed by atoms with E-state index < -0.39 is 0 Å². The van der Waals surface area contributed by atoms with Crippen molar-refractivity contribution in [1.82, 2.24) is 16.0 Å². The number of benzene rings is 1. The summed E-state index contributed by atoms with van der Waals surface area (Å²) in [5.74, 6) is 0.788. The van der Waals surface area contributed by atoms with Gasteiger partial charge in [0.1, 0.15) is 0 Å². The van der Waals surface area contributed by atoms with Gasteiger partial charge in [0, 0.05) is 25.2 Å². The van der Waals surface area contributed by atoms with Gasteiger partial charge in [0.05, 0.1) is 6.54 Å². The van der Waals surface area contributed by atoms with Crippen LogP contribution in [-0.2, 0) is 6.54 Å². The molecule has 0 saturated carbocycles. The van der Waals surface area contributed by atoms with Crippen LogP contribution in [0.2, 0.25) is 0 Å². The van der Waals surface area contributed by atoms with Crippen LogP contribution in [0.4, 0.5) is 0 Å². The third kappa shape index (κ3) is 8.77. The Morgan fingerprint density at radius 3 is 2.63 bits per heavy atom. The fourth-order valence-electron chi connectivity index (χ4n) is 3.06. The first kappa shape index (κ1) is 23.5. The molecule has 0 bridgehead atoms. The van der Waals surface area contributed by atoms with Gasteiger partial charge < -0.3 is 16.0 Å². The van der Waals surface area contributed by atoms with E-state index in [9.17, 15) is 4.79 Å². The molecule has 1 aromatic rings. The Bertz CT molecular complexity index is 643. The van der Waals surface area contributed by atoms with Crippen LogP contribution in [0.25, 0.3) is 0 Å². The number of nitrogens with zero attached hydrogens (tertiary/aromatic N) is 1. The van der Waals surface area contributed by atoms with Crippen molar-refractivity contribution in [2.24, 2.45) is 4.99 Å². The van der Waals surface area contributed by atoms with Gasteiger partial charge in [-0.25, -0.2) is 4.99 Å². The Morgan fingerprint density at radius 1 is 1.11 bits per heavy atom. The minimum Gasteiger partial charge on any atom is -0.357 e. The summed E-state index contributed by atoms with van der Waals surface area (Å²) in [6, 6.07) is 7.65. The summed E-state index contributed by atoms with van der Waals surface area (Å²) in [4.78, 5) is 16.6. The molecule has 3 N–H and O–H groups in total. The number of allylic oxidation sites excluding steroid dienone is 1. The summed E-state index contributed by atoms with van der Waals surface area (Å²) in [6.45, 7) is 6.89. The highest BCUT2D eigenvalue weighted by molar-refractivity contribution is 14.0.